The highest BCUT2D eigenvalue weighted by Crippen LogP contribution is 2.21. The molecule has 2 heteroatoms. The molecule has 3 atom stereocenters. The average molecular weight is 171 g/mol. The quantitative estimate of drug-likeness (QED) is 0.696. The van der Waals surface area contributed by atoms with Crippen LogP contribution in [0, 0.1) is 5.92 Å². The Labute approximate surface area is 75.7 Å². The van der Waals surface area contributed by atoms with Crippen molar-refractivity contribution in [3.8, 4) is 0 Å². The van der Waals surface area contributed by atoms with Crippen LogP contribution in [0.5, 0.6) is 0 Å². The summed E-state index contributed by atoms with van der Waals surface area (Å²) in [5.41, 5.74) is 0. The van der Waals surface area contributed by atoms with E-state index in [1.165, 1.54) is 19.3 Å². The summed E-state index contributed by atoms with van der Waals surface area (Å²) in [6, 6.07) is 0.553. The largest absolute Gasteiger partial charge is 0.377 e. The fourth-order valence-corrected chi connectivity index (χ4v) is 1.98. The molecule has 0 amide bonds. The number of nitrogens with one attached hydrogen (secondary N) is 1. The number of hydrogen-bond acceptors (Lipinski definition) is 2. The monoisotopic (exact) mass is 171 g/mol. The maximum atomic E-state index is 5.67. The zero-order valence-corrected chi connectivity index (χ0v) is 8.47. The molecule has 1 saturated heterocycles. The van der Waals surface area contributed by atoms with Crippen molar-refractivity contribution < 1.29 is 4.74 Å². The molecule has 0 radical (unpaired) electrons. The first-order chi connectivity index (χ1) is 5.79. The first kappa shape index (κ1) is 10.0. The lowest BCUT2D eigenvalue weighted by Gasteiger charge is -2.27. The van der Waals surface area contributed by atoms with Gasteiger partial charge in [-0.3, -0.25) is 0 Å². The molecule has 1 N–H and O–H groups in total. The third-order valence-corrected chi connectivity index (χ3v) is 2.96. The summed E-state index contributed by atoms with van der Waals surface area (Å²) in [5, 5.41) is 3.37. The van der Waals surface area contributed by atoms with E-state index in [4.69, 9.17) is 4.74 Å². The molecule has 3 unspecified atom stereocenters. The Kier molecular flexibility index (Phi) is 4.02. The molecule has 0 aromatic heterocycles. The fraction of sp³-hybridized carbons (Fsp3) is 1.00. The maximum absolute atomic E-state index is 5.67. The van der Waals surface area contributed by atoms with Crippen LogP contribution in [-0.4, -0.2) is 25.8 Å². The molecule has 2 nitrogen and oxygen atoms in total. The number of rotatable bonds is 4. The highest BCUT2D eigenvalue weighted by atomic mass is 16.5. The highest BCUT2D eigenvalue weighted by Gasteiger charge is 2.27. The van der Waals surface area contributed by atoms with Gasteiger partial charge in [-0.2, -0.15) is 0 Å². The summed E-state index contributed by atoms with van der Waals surface area (Å²) < 4.78 is 5.67. The fourth-order valence-electron chi connectivity index (χ4n) is 1.98. The van der Waals surface area contributed by atoms with Gasteiger partial charge in [-0.25, -0.2) is 0 Å². The Morgan fingerprint density at radius 1 is 1.58 bits per heavy atom. The molecule has 0 aliphatic carbocycles. The van der Waals surface area contributed by atoms with E-state index in [1.807, 2.05) is 7.05 Å². The summed E-state index contributed by atoms with van der Waals surface area (Å²) in [6.45, 7) is 5.49. The van der Waals surface area contributed by atoms with Crippen molar-refractivity contribution >= 4 is 0 Å². The van der Waals surface area contributed by atoms with Crippen LogP contribution < -0.4 is 5.32 Å². The van der Waals surface area contributed by atoms with Gasteiger partial charge >= 0.3 is 0 Å². The van der Waals surface area contributed by atoms with E-state index < -0.39 is 0 Å². The van der Waals surface area contributed by atoms with Crippen LogP contribution in [0.15, 0.2) is 0 Å². The summed E-state index contributed by atoms with van der Waals surface area (Å²) in [6.07, 6.45) is 4.16. The van der Waals surface area contributed by atoms with Crippen LogP contribution >= 0.6 is 0 Å². The van der Waals surface area contributed by atoms with Gasteiger partial charge in [-0.05, 0) is 25.8 Å². The lowest BCUT2D eigenvalue weighted by Crippen LogP contribution is -2.42. The summed E-state index contributed by atoms with van der Waals surface area (Å²) >= 11 is 0. The molecule has 0 aromatic rings. The van der Waals surface area contributed by atoms with E-state index in [0.29, 0.717) is 12.1 Å². The number of likely N-dealkylation sites (N-methyl/N-ethyl adjacent to an activating group) is 1. The molecular formula is C10H21NO. The third-order valence-electron chi connectivity index (χ3n) is 2.96. The van der Waals surface area contributed by atoms with E-state index in [2.05, 4.69) is 19.2 Å². The Balaban J connectivity index is 2.42. The average Bonchev–Trinajstić information content (AvgIpc) is 2.58. The third kappa shape index (κ3) is 2.20. The lowest BCUT2D eigenvalue weighted by molar-refractivity contribution is 0.0627. The van der Waals surface area contributed by atoms with Crippen molar-refractivity contribution in [1.29, 1.82) is 0 Å². The first-order valence-corrected chi connectivity index (χ1v) is 5.08. The molecule has 72 valence electrons. The van der Waals surface area contributed by atoms with Gasteiger partial charge in [-0.1, -0.05) is 20.3 Å². The molecule has 0 aromatic carbocycles. The molecular weight excluding hydrogens is 150 g/mol. The van der Waals surface area contributed by atoms with Crippen LogP contribution in [-0.2, 0) is 4.74 Å². The second kappa shape index (κ2) is 4.83. The van der Waals surface area contributed by atoms with E-state index in [0.717, 1.165) is 12.5 Å². The van der Waals surface area contributed by atoms with E-state index in [-0.39, 0.29) is 0 Å². The summed E-state index contributed by atoms with van der Waals surface area (Å²) in [5.74, 6) is 0.720. The number of hydrogen-bond donors (Lipinski definition) is 1. The van der Waals surface area contributed by atoms with Gasteiger partial charge in [0.1, 0.15) is 0 Å². The minimum Gasteiger partial charge on any atom is -0.377 e. The Morgan fingerprint density at radius 3 is 2.75 bits per heavy atom. The van der Waals surface area contributed by atoms with E-state index in [1.54, 1.807) is 0 Å². The zero-order valence-electron chi connectivity index (χ0n) is 8.47. The predicted octanol–water partition coefficient (Wildman–Crippen LogP) is 1.80. The van der Waals surface area contributed by atoms with Crippen LogP contribution in [0.1, 0.15) is 33.1 Å². The lowest BCUT2D eigenvalue weighted by atomic mass is 9.93. The van der Waals surface area contributed by atoms with Crippen molar-refractivity contribution in [3.63, 3.8) is 0 Å². The van der Waals surface area contributed by atoms with Crippen LogP contribution in [0.25, 0.3) is 0 Å². The van der Waals surface area contributed by atoms with Crippen LogP contribution in [0.3, 0.4) is 0 Å². The first-order valence-electron chi connectivity index (χ1n) is 5.08. The smallest absolute Gasteiger partial charge is 0.0731 e. The molecule has 0 bridgehead atoms. The van der Waals surface area contributed by atoms with Gasteiger partial charge in [0, 0.05) is 12.6 Å². The molecule has 1 fully saturated rings. The van der Waals surface area contributed by atoms with Gasteiger partial charge < -0.3 is 10.1 Å². The second-order valence-corrected chi connectivity index (χ2v) is 3.75. The molecule has 1 heterocycles. The molecule has 0 spiro atoms. The maximum Gasteiger partial charge on any atom is 0.0731 e. The van der Waals surface area contributed by atoms with Gasteiger partial charge in [0.25, 0.3) is 0 Å². The summed E-state index contributed by atoms with van der Waals surface area (Å²) in [4.78, 5) is 0. The molecule has 1 aliphatic heterocycles. The minimum absolute atomic E-state index is 0.463. The van der Waals surface area contributed by atoms with Crippen LogP contribution in [0.4, 0.5) is 0 Å². The second-order valence-electron chi connectivity index (χ2n) is 3.75. The summed E-state index contributed by atoms with van der Waals surface area (Å²) in [7, 11) is 2.04. The Hall–Kier alpha value is -0.0800. The van der Waals surface area contributed by atoms with Gasteiger partial charge in [0.2, 0.25) is 0 Å². The Morgan fingerprint density at radius 2 is 2.33 bits per heavy atom. The molecule has 0 saturated carbocycles. The van der Waals surface area contributed by atoms with Crippen molar-refractivity contribution in [2.75, 3.05) is 13.7 Å². The van der Waals surface area contributed by atoms with Crippen molar-refractivity contribution in [2.24, 2.45) is 5.92 Å². The number of ether oxygens (including phenoxy) is 1. The predicted molar refractivity (Wildman–Crippen MR) is 51.3 cm³/mol. The van der Waals surface area contributed by atoms with Gasteiger partial charge in [-0.15, -0.1) is 0 Å². The normalized spacial score (nSPS) is 28.8. The molecule has 1 rings (SSSR count). The van der Waals surface area contributed by atoms with Crippen LogP contribution in [0.2, 0.25) is 0 Å². The topological polar surface area (TPSA) is 21.3 Å². The van der Waals surface area contributed by atoms with Gasteiger partial charge in [0.15, 0.2) is 0 Å². The Bertz CT molecular complexity index is 121. The van der Waals surface area contributed by atoms with Crippen molar-refractivity contribution in [1.82, 2.24) is 5.32 Å². The standard InChI is InChI=1S/C10H21NO/c1-4-8(2)10(11-3)9-6-5-7-12-9/h8-11H,4-7H2,1-3H3. The minimum atomic E-state index is 0.463. The van der Waals surface area contributed by atoms with Gasteiger partial charge in [0.05, 0.1) is 6.10 Å². The van der Waals surface area contributed by atoms with E-state index >= 15 is 0 Å². The molecule has 1 aliphatic rings. The van der Waals surface area contributed by atoms with E-state index in [9.17, 15) is 0 Å². The molecule has 12 heavy (non-hydrogen) atoms. The highest BCUT2D eigenvalue weighted by molar-refractivity contribution is 4.82. The zero-order chi connectivity index (χ0) is 8.97. The SMILES string of the molecule is CCC(C)C(NC)C1CCCO1. The van der Waals surface area contributed by atoms with Crippen molar-refractivity contribution in [2.45, 2.75) is 45.3 Å². The van der Waals surface area contributed by atoms with Crippen molar-refractivity contribution in [3.05, 3.63) is 0 Å².